The van der Waals surface area contributed by atoms with Crippen LogP contribution >= 0.6 is 0 Å². The number of halogens is 1. The lowest BCUT2D eigenvalue weighted by atomic mass is 9.81. The van der Waals surface area contributed by atoms with Crippen molar-refractivity contribution in [1.29, 1.82) is 0 Å². The molecular weight excluding hydrogens is 291 g/mol. The Hall–Kier alpha value is -2.23. The van der Waals surface area contributed by atoms with Crippen LogP contribution in [0.25, 0.3) is 0 Å². The molecule has 1 amide bonds. The van der Waals surface area contributed by atoms with E-state index in [0.717, 1.165) is 5.56 Å². The summed E-state index contributed by atoms with van der Waals surface area (Å²) in [5.41, 5.74) is 1.12. The molecule has 0 spiro atoms. The molecule has 0 saturated heterocycles. The fraction of sp³-hybridized carbons (Fsp3) is 0.368. The normalized spacial score (nSPS) is 14.8. The molecule has 23 heavy (non-hydrogen) atoms. The van der Waals surface area contributed by atoms with E-state index in [9.17, 15) is 9.18 Å². The van der Waals surface area contributed by atoms with Gasteiger partial charge in [0.2, 0.25) is 5.91 Å². The predicted octanol–water partition coefficient (Wildman–Crippen LogP) is 3.91. The molecule has 0 heterocycles. The Kier molecular flexibility index (Phi) is 6.43. The van der Waals surface area contributed by atoms with Crippen molar-refractivity contribution in [1.82, 2.24) is 5.32 Å². The first kappa shape index (κ1) is 18.8. The van der Waals surface area contributed by atoms with Crippen LogP contribution in [0.2, 0.25) is 0 Å². The lowest BCUT2D eigenvalue weighted by molar-refractivity contribution is -0.117. The van der Waals surface area contributed by atoms with E-state index in [0.29, 0.717) is 11.3 Å². The number of benzene rings is 1. The summed E-state index contributed by atoms with van der Waals surface area (Å²) in [5, 5.41) is 2.60. The molecule has 0 saturated carbocycles. The number of amides is 1. The van der Waals surface area contributed by atoms with Gasteiger partial charge in [-0.25, -0.2) is 4.39 Å². The van der Waals surface area contributed by atoms with Crippen LogP contribution in [0, 0.1) is 11.7 Å². The first-order chi connectivity index (χ1) is 10.8. The SMILES string of the molecule is C=C(C(=O)NC)C(C)(/N=C(\C=C/C)c1ccc(F)cc1)C(C)C. The van der Waals surface area contributed by atoms with Crippen molar-refractivity contribution < 1.29 is 9.18 Å². The predicted molar refractivity (Wildman–Crippen MR) is 94.2 cm³/mol. The van der Waals surface area contributed by atoms with E-state index in [1.165, 1.54) is 12.1 Å². The minimum atomic E-state index is -0.761. The van der Waals surface area contributed by atoms with Crippen molar-refractivity contribution in [3.05, 3.63) is 60.0 Å². The summed E-state index contributed by atoms with van der Waals surface area (Å²) in [6, 6.07) is 6.15. The largest absolute Gasteiger partial charge is 0.355 e. The van der Waals surface area contributed by atoms with Crippen LogP contribution in [0.15, 0.2) is 53.6 Å². The highest BCUT2D eigenvalue weighted by Gasteiger charge is 2.35. The van der Waals surface area contributed by atoms with Crippen LogP contribution in [-0.2, 0) is 4.79 Å². The molecule has 0 fully saturated rings. The first-order valence-corrected chi connectivity index (χ1v) is 7.66. The van der Waals surface area contributed by atoms with Gasteiger partial charge >= 0.3 is 0 Å². The Bertz CT molecular complexity index is 629. The van der Waals surface area contributed by atoms with E-state index in [4.69, 9.17) is 4.99 Å². The molecule has 124 valence electrons. The molecule has 0 aromatic heterocycles. The zero-order valence-electron chi connectivity index (χ0n) is 14.5. The van der Waals surface area contributed by atoms with Gasteiger partial charge in [-0.15, -0.1) is 0 Å². The van der Waals surface area contributed by atoms with Crippen LogP contribution in [-0.4, -0.2) is 24.2 Å². The maximum absolute atomic E-state index is 13.2. The maximum atomic E-state index is 13.2. The third kappa shape index (κ3) is 4.38. The minimum Gasteiger partial charge on any atom is -0.355 e. The molecule has 0 aliphatic heterocycles. The molecule has 0 radical (unpaired) electrons. The molecule has 0 bridgehead atoms. The van der Waals surface area contributed by atoms with Crippen LogP contribution in [0.5, 0.6) is 0 Å². The number of carbonyl (C=O) groups is 1. The van der Waals surface area contributed by atoms with Gasteiger partial charge in [-0.1, -0.05) is 26.5 Å². The molecule has 1 rings (SSSR count). The molecule has 0 aliphatic carbocycles. The number of rotatable bonds is 6. The van der Waals surface area contributed by atoms with Gasteiger partial charge in [-0.2, -0.15) is 0 Å². The number of nitrogens with one attached hydrogen (secondary N) is 1. The summed E-state index contributed by atoms with van der Waals surface area (Å²) >= 11 is 0. The summed E-state index contributed by atoms with van der Waals surface area (Å²) in [7, 11) is 1.57. The molecule has 1 aromatic rings. The van der Waals surface area contributed by atoms with Crippen molar-refractivity contribution in [2.24, 2.45) is 10.9 Å². The van der Waals surface area contributed by atoms with Crippen LogP contribution in [0.4, 0.5) is 4.39 Å². The standard InChI is InChI=1S/C19H25FN2O/c1-7-8-17(15-9-11-16(20)12-10-15)22-19(5,13(2)3)14(4)18(23)21-6/h7-13H,4H2,1-3,5-6H3,(H,21,23)/b8-7-,22-17+. The molecule has 1 N–H and O–H groups in total. The number of aliphatic imine (C=N–C) groups is 1. The molecule has 4 heteroatoms. The van der Waals surface area contributed by atoms with Gasteiger partial charge in [0.1, 0.15) is 5.82 Å². The van der Waals surface area contributed by atoms with Crippen LogP contribution in [0.1, 0.15) is 33.3 Å². The third-order valence-corrected chi connectivity index (χ3v) is 4.05. The Morgan fingerprint density at radius 3 is 2.35 bits per heavy atom. The fourth-order valence-electron chi connectivity index (χ4n) is 2.15. The number of carbonyl (C=O) groups excluding carboxylic acids is 1. The summed E-state index contributed by atoms with van der Waals surface area (Å²) in [6.07, 6.45) is 3.72. The lowest BCUT2D eigenvalue weighted by Gasteiger charge is -2.32. The van der Waals surface area contributed by atoms with Crippen molar-refractivity contribution in [2.75, 3.05) is 7.05 Å². The van der Waals surface area contributed by atoms with Gasteiger partial charge in [0, 0.05) is 12.6 Å². The number of hydrogen-bond donors (Lipinski definition) is 1. The Morgan fingerprint density at radius 1 is 1.35 bits per heavy atom. The van der Waals surface area contributed by atoms with Gasteiger partial charge in [0.05, 0.1) is 11.3 Å². The average Bonchev–Trinajstić information content (AvgIpc) is 2.53. The van der Waals surface area contributed by atoms with Crippen LogP contribution in [0.3, 0.4) is 0 Å². The second-order valence-electron chi connectivity index (χ2n) is 5.86. The smallest absolute Gasteiger partial charge is 0.248 e. The van der Waals surface area contributed by atoms with E-state index >= 15 is 0 Å². The van der Waals surface area contributed by atoms with E-state index in [1.54, 1.807) is 19.2 Å². The molecule has 0 aliphatic rings. The highest BCUT2D eigenvalue weighted by Crippen LogP contribution is 2.30. The molecule has 1 atom stereocenters. The quantitative estimate of drug-likeness (QED) is 0.627. The zero-order valence-corrected chi connectivity index (χ0v) is 14.5. The van der Waals surface area contributed by atoms with Crippen molar-refractivity contribution in [3.63, 3.8) is 0 Å². The highest BCUT2D eigenvalue weighted by molar-refractivity contribution is 6.09. The van der Waals surface area contributed by atoms with E-state index in [-0.39, 0.29) is 17.6 Å². The molecule has 1 aromatic carbocycles. The Balaban J connectivity index is 3.43. The van der Waals surface area contributed by atoms with Gasteiger partial charge in [0.25, 0.3) is 0 Å². The third-order valence-electron chi connectivity index (χ3n) is 4.05. The second kappa shape index (κ2) is 7.86. The number of allylic oxidation sites excluding steroid dienone is 2. The van der Waals surface area contributed by atoms with Gasteiger partial charge in [-0.3, -0.25) is 9.79 Å². The second-order valence-corrected chi connectivity index (χ2v) is 5.86. The average molecular weight is 316 g/mol. The summed E-state index contributed by atoms with van der Waals surface area (Å²) < 4.78 is 13.2. The number of hydrogen-bond acceptors (Lipinski definition) is 2. The lowest BCUT2D eigenvalue weighted by Crippen LogP contribution is -2.39. The van der Waals surface area contributed by atoms with Crippen molar-refractivity contribution in [2.45, 2.75) is 33.2 Å². The van der Waals surface area contributed by atoms with Crippen LogP contribution < -0.4 is 5.32 Å². The minimum absolute atomic E-state index is 0.0630. The maximum Gasteiger partial charge on any atom is 0.248 e. The Morgan fingerprint density at radius 2 is 1.91 bits per heavy atom. The highest BCUT2D eigenvalue weighted by atomic mass is 19.1. The summed E-state index contributed by atoms with van der Waals surface area (Å²) in [5.74, 6) is -0.466. The number of likely N-dealkylation sites (N-methyl/N-ethyl adjacent to an activating group) is 1. The summed E-state index contributed by atoms with van der Waals surface area (Å²) in [6.45, 7) is 11.7. The van der Waals surface area contributed by atoms with E-state index in [2.05, 4.69) is 11.9 Å². The van der Waals surface area contributed by atoms with Crippen molar-refractivity contribution in [3.8, 4) is 0 Å². The van der Waals surface area contributed by atoms with Gasteiger partial charge in [-0.05, 0) is 55.7 Å². The van der Waals surface area contributed by atoms with Crippen molar-refractivity contribution >= 4 is 11.6 Å². The molecule has 3 nitrogen and oxygen atoms in total. The monoisotopic (exact) mass is 316 g/mol. The molecule has 1 unspecified atom stereocenters. The van der Waals surface area contributed by atoms with Gasteiger partial charge < -0.3 is 5.32 Å². The zero-order chi connectivity index (χ0) is 17.6. The number of nitrogens with zero attached hydrogens (tertiary/aromatic N) is 1. The molecular formula is C19H25FN2O. The van der Waals surface area contributed by atoms with E-state index in [1.807, 2.05) is 39.8 Å². The topological polar surface area (TPSA) is 41.5 Å². The van der Waals surface area contributed by atoms with Gasteiger partial charge in [0.15, 0.2) is 0 Å². The first-order valence-electron chi connectivity index (χ1n) is 7.66. The van der Waals surface area contributed by atoms with E-state index < -0.39 is 5.54 Å². The Labute approximate surface area is 138 Å². The fourth-order valence-corrected chi connectivity index (χ4v) is 2.15. The summed E-state index contributed by atoms with van der Waals surface area (Å²) in [4.78, 5) is 16.8.